The lowest BCUT2D eigenvalue weighted by Crippen LogP contribution is -2.53. The Morgan fingerprint density at radius 3 is 2.33 bits per heavy atom. The summed E-state index contributed by atoms with van der Waals surface area (Å²) >= 11 is 0. The normalized spacial score (nSPS) is 19.8. The van der Waals surface area contributed by atoms with Crippen LogP contribution in [0.3, 0.4) is 0 Å². The molecule has 21 heavy (non-hydrogen) atoms. The molecular formula is C15H29N3O3. The molecule has 0 radical (unpaired) electrons. The highest BCUT2D eigenvalue weighted by Gasteiger charge is 2.30. The van der Waals surface area contributed by atoms with Gasteiger partial charge in [-0.25, -0.2) is 9.59 Å². The standard InChI is InChI=1S/C15H29N3O3/c1-5-11(3)13(14(19)20)16-15(21)17(4)12-7-9-18(6-2)10-8-12/h11-13H,5-10H2,1-4H3,(H,16,21)(H,19,20)/t11-,13-/m0/s1. The minimum atomic E-state index is -0.966. The minimum Gasteiger partial charge on any atom is -0.480 e. The molecule has 122 valence electrons. The fraction of sp³-hybridized carbons (Fsp3) is 0.867. The van der Waals surface area contributed by atoms with E-state index in [4.69, 9.17) is 0 Å². The number of carboxylic acids is 1. The summed E-state index contributed by atoms with van der Waals surface area (Å²) in [4.78, 5) is 27.6. The van der Waals surface area contributed by atoms with Crippen LogP contribution in [-0.4, -0.2) is 65.7 Å². The quantitative estimate of drug-likeness (QED) is 0.781. The van der Waals surface area contributed by atoms with Gasteiger partial charge in [0.05, 0.1) is 0 Å². The monoisotopic (exact) mass is 299 g/mol. The second kappa shape index (κ2) is 8.22. The van der Waals surface area contributed by atoms with Crippen molar-refractivity contribution in [2.75, 3.05) is 26.7 Å². The first-order valence-corrected chi connectivity index (χ1v) is 7.89. The first-order chi connectivity index (χ1) is 9.90. The number of urea groups is 1. The Balaban J connectivity index is 2.55. The van der Waals surface area contributed by atoms with Crippen molar-refractivity contribution in [2.45, 2.75) is 52.1 Å². The van der Waals surface area contributed by atoms with Crippen molar-refractivity contribution in [1.82, 2.24) is 15.1 Å². The van der Waals surface area contributed by atoms with Crippen molar-refractivity contribution in [3.63, 3.8) is 0 Å². The van der Waals surface area contributed by atoms with Crippen LogP contribution in [0.1, 0.15) is 40.0 Å². The van der Waals surface area contributed by atoms with Crippen molar-refractivity contribution in [2.24, 2.45) is 5.92 Å². The van der Waals surface area contributed by atoms with Crippen molar-refractivity contribution in [3.8, 4) is 0 Å². The molecule has 0 spiro atoms. The molecule has 1 aliphatic rings. The molecule has 2 atom stereocenters. The number of nitrogens with zero attached hydrogens (tertiary/aromatic N) is 2. The van der Waals surface area contributed by atoms with E-state index in [1.807, 2.05) is 13.8 Å². The second-order valence-corrected chi connectivity index (χ2v) is 5.93. The molecule has 1 heterocycles. The van der Waals surface area contributed by atoms with Gasteiger partial charge in [-0.05, 0) is 25.3 Å². The SMILES string of the molecule is CC[C@H](C)[C@H](NC(=O)N(C)C1CCN(CC)CC1)C(=O)O. The highest BCUT2D eigenvalue weighted by molar-refractivity contribution is 5.82. The van der Waals surface area contributed by atoms with Gasteiger partial charge in [0.15, 0.2) is 0 Å². The van der Waals surface area contributed by atoms with Crippen LogP contribution < -0.4 is 5.32 Å². The van der Waals surface area contributed by atoms with E-state index in [-0.39, 0.29) is 18.0 Å². The van der Waals surface area contributed by atoms with Gasteiger partial charge in [0.2, 0.25) is 0 Å². The third-order valence-corrected chi connectivity index (χ3v) is 4.63. The van der Waals surface area contributed by atoms with Gasteiger partial charge in [-0.3, -0.25) is 0 Å². The van der Waals surface area contributed by atoms with Gasteiger partial charge < -0.3 is 20.2 Å². The molecular weight excluding hydrogens is 270 g/mol. The summed E-state index contributed by atoms with van der Waals surface area (Å²) < 4.78 is 0. The zero-order valence-electron chi connectivity index (χ0n) is 13.6. The van der Waals surface area contributed by atoms with Crippen LogP contribution in [0.2, 0.25) is 0 Å². The second-order valence-electron chi connectivity index (χ2n) is 5.93. The maximum atomic E-state index is 12.3. The molecule has 0 unspecified atom stereocenters. The molecule has 0 aliphatic carbocycles. The van der Waals surface area contributed by atoms with Gasteiger partial charge in [0.25, 0.3) is 0 Å². The number of likely N-dealkylation sites (tertiary alicyclic amines) is 1. The number of hydrogen-bond donors (Lipinski definition) is 2. The highest BCUT2D eigenvalue weighted by Crippen LogP contribution is 2.16. The number of nitrogens with one attached hydrogen (secondary N) is 1. The molecule has 1 rings (SSSR count). The summed E-state index contributed by atoms with van der Waals surface area (Å²) in [7, 11) is 1.76. The number of rotatable bonds is 6. The Bertz CT molecular complexity index is 354. The predicted molar refractivity (Wildman–Crippen MR) is 82.3 cm³/mol. The lowest BCUT2D eigenvalue weighted by atomic mass is 9.99. The Morgan fingerprint density at radius 2 is 1.90 bits per heavy atom. The summed E-state index contributed by atoms with van der Waals surface area (Å²) in [6.07, 6.45) is 2.60. The van der Waals surface area contributed by atoms with Gasteiger partial charge >= 0.3 is 12.0 Å². The van der Waals surface area contributed by atoms with Gasteiger partial charge in [-0.15, -0.1) is 0 Å². The number of piperidine rings is 1. The average Bonchev–Trinajstić information content (AvgIpc) is 2.50. The lowest BCUT2D eigenvalue weighted by Gasteiger charge is -2.37. The average molecular weight is 299 g/mol. The molecule has 0 aromatic carbocycles. The topological polar surface area (TPSA) is 72.9 Å². The Hall–Kier alpha value is -1.30. The minimum absolute atomic E-state index is 0.0817. The third-order valence-electron chi connectivity index (χ3n) is 4.63. The zero-order valence-corrected chi connectivity index (χ0v) is 13.6. The zero-order chi connectivity index (χ0) is 16.0. The van der Waals surface area contributed by atoms with Gasteiger partial charge in [0.1, 0.15) is 6.04 Å². The highest BCUT2D eigenvalue weighted by atomic mass is 16.4. The fourth-order valence-corrected chi connectivity index (χ4v) is 2.71. The summed E-state index contributed by atoms with van der Waals surface area (Å²) in [6.45, 7) is 8.94. The molecule has 6 heteroatoms. The molecule has 1 aliphatic heterocycles. The predicted octanol–water partition coefficient (Wildman–Crippen LogP) is 1.61. The molecule has 0 aromatic heterocycles. The van der Waals surface area contributed by atoms with Crippen LogP contribution in [0.15, 0.2) is 0 Å². The van der Waals surface area contributed by atoms with E-state index in [1.54, 1.807) is 11.9 Å². The number of amides is 2. The van der Waals surface area contributed by atoms with Crippen molar-refractivity contribution in [1.29, 1.82) is 0 Å². The summed E-state index contributed by atoms with van der Waals surface area (Å²) in [5.74, 6) is -1.05. The Labute approximate surface area is 127 Å². The van der Waals surface area contributed by atoms with E-state index in [0.29, 0.717) is 0 Å². The van der Waals surface area contributed by atoms with Gasteiger partial charge in [-0.1, -0.05) is 27.2 Å². The van der Waals surface area contributed by atoms with E-state index in [0.717, 1.165) is 38.9 Å². The van der Waals surface area contributed by atoms with E-state index >= 15 is 0 Å². The van der Waals surface area contributed by atoms with Crippen molar-refractivity contribution < 1.29 is 14.7 Å². The van der Waals surface area contributed by atoms with Crippen LogP contribution >= 0.6 is 0 Å². The Morgan fingerprint density at radius 1 is 1.33 bits per heavy atom. The van der Waals surface area contributed by atoms with Crippen LogP contribution in [0.4, 0.5) is 4.79 Å². The largest absolute Gasteiger partial charge is 0.480 e. The summed E-state index contributed by atoms with van der Waals surface area (Å²) in [5, 5.41) is 11.9. The van der Waals surface area contributed by atoms with E-state index < -0.39 is 12.0 Å². The first kappa shape index (κ1) is 17.8. The van der Waals surface area contributed by atoms with Gasteiger partial charge in [-0.2, -0.15) is 0 Å². The fourth-order valence-electron chi connectivity index (χ4n) is 2.71. The molecule has 6 nitrogen and oxygen atoms in total. The maximum Gasteiger partial charge on any atom is 0.326 e. The molecule has 0 aromatic rings. The van der Waals surface area contributed by atoms with Crippen molar-refractivity contribution in [3.05, 3.63) is 0 Å². The number of hydrogen-bond acceptors (Lipinski definition) is 3. The van der Waals surface area contributed by atoms with E-state index in [9.17, 15) is 14.7 Å². The van der Waals surface area contributed by atoms with E-state index in [2.05, 4.69) is 17.1 Å². The van der Waals surface area contributed by atoms with Crippen LogP contribution in [0, 0.1) is 5.92 Å². The Kier molecular flexibility index (Phi) is 6.95. The van der Waals surface area contributed by atoms with Crippen LogP contribution in [0.5, 0.6) is 0 Å². The van der Waals surface area contributed by atoms with Crippen LogP contribution in [0.25, 0.3) is 0 Å². The number of carbonyl (C=O) groups excluding carboxylic acids is 1. The summed E-state index contributed by atoms with van der Waals surface area (Å²) in [5.41, 5.74) is 0. The molecule has 2 N–H and O–H groups in total. The summed E-state index contributed by atoms with van der Waals surface area (Å²) in [6, 6.07) is -0.905. The number of aliphatic carboxylic acids is 1. The number of carboxylic acid groups (broad SMARTS) is 1. The maximum absolute atomic E-state index is 12.3. The molecule has 1 saturated heterocycles. The molecule has 0 bridgehead atoms. The van der Waals surface area contributed by atoms with Gasteiger partial charge in [0, 0.05) is 26.2 Å². The molecule has 0 saturated carbocycles. The third kappa shape index (κ3) is 4.88. The number of carbonyl (C=O) groups is 2. The first-order valence-electron chi connectivity index (χ1n) is 7.89. The lowest BCUT2D eigenvalue weighted by molar-refractivity contribution is -0.140. The van der Waals surface area contributed by atoms with Crippen molar-refractivity contribution >= 4 is 12.0 Å². The molecule has 1 fully saturated rings. The van der Waals surface area contributed by atoms with Crippen LogP contribution in [-0.2, 0) is 4.79 Å². The smallest absolute Gasteiger partial charge is 0.326 e. The van der Waals surface area contributed by atoms with E-state index in [1.165, 1.54) is 0 Å². The molecule has 2 amide bonds.